The number of pyridine rings is 2. The first kappa shape index (κ1) is 18.8. The molecule has 0 bridgehead atoms. The molecule has 0 N–H and O–H groups in total. The van der Waals surface area contributed by atoms with Gasteiger partial charge in [0.15, 0.2) is 0 Å². The van der Waals surface area contributed by atoms with Crippen LogP contribution in [0.25, 0.3) is 65.7 Å². The van der Waals surface area contributed by atoms with Gasteiger partial charge >= 0.3 is 0 Å². The number of rotatable bonds is 2. The fraction of sp³-hybridized carbons (Fsp3) is 0. The van der Waals surface area contributed by atoms with Gasteiger partial charge in [0.25, 0.3) is 0 Å². The first-order chi connectivity index (χ1) is 16.9. The predicted molar refractivity (Wildman–Crippen MR) is 139 cm³/mol. The summed E-state index contributed by atoms with van der Waals surface area (Å²) >= 11 is 0. The first-order valence-electron chi connectivity index (χ1n) is 11.2. The lowest BCUT2D eigenvalue weighted by Gasteiger charge is -2.15. The van der Waals surface area contributed by atoms with Gasteiger partial charge in [0, 0.05) is 40.5 Å². The fourth-order valence-corrected chi connectivity index (χ4v) is 4.99. The van der Waals surface area contributed by atoms with Crippen LogP contribution in [0, 0.1) is 0 Å². The van der Waals surface area contributed by atoms with E-state index in [-0.39, 0.29) is 0 Å². The molecule has 3 aromatic heterocycles. The highest BCUT2D eigenvalue weighted by molar-refractivity contribution is 6.32. The quantitative estimate of drug-likeness (QED) is 0.270. The summed E-state index contributed by atoms with van der Waals surface area (Å²) in [6, 6.07) is 27.4. The average Bonchev–Trinajstić information content (AvgIpc) is 2.93. The molecule has 0 saturated carbocycles. The summed E-state index contributed by atoms with van der Waals surface area (Å²) in [5.41, 5.74) is 4.78. The molecule has 0 aliphatic carbocycles. The Hall–Kier alpha value is -4.70. The lowest BCUT2D eigenvalue weighted by Crippen LogP contribution is -1.93. The average molecular weight is 435 g/mol. The number of hydrogen-bond acceptors (Lipinski definition) is 4. The predicted octanol–water partition coefficient (Wildman–Crippen LogP) is 7.21. The molecule has 7 rings (SSSR count). The molecule has 0 atom stereocenters. The van der Waals surface area contributed by atoms with E-state index in [0.717, 1.165) is 44.2 Å². The Labute approximate surface area is 195 Å². The minimum absolute atomic E-state index is 0.830. The molecule has 0 radical (unpaired) electrons. The van der Waals surface area contributed by atoms with E-state index >= 15 is 0 Å². The molecule has 4 nitrogen and oxygen atoms in total. The maximum absolute atomic E-state index is 5.01. The zero-order valence-electron chi connectivity index (χ0n) is 18.2. The van der Waals surface area contributed by atoms with Crippen molar-refractivity contribution in [3.05, 3.63) is 110 Å². The largest absolute Gasteiger partial charge is 0.265 e. The van der Waals surface area contributed by atoms with Crippen LogP contribution in [0.15, 0.2) is 110 Å². The zero-order valence-corrected chi connectivity index (χ0v) is 18.2. The second kappa shape index (κ2) is 7.42. The smallest absolute Gasteiger partial charge is 0.0899 e. The lowest BCUT2D eigenvalue weighted by molar-refractivity contribution is 1.21. The van der Waals surface area contributed by atoms with Crippen LogP contribution >= 0.6 is 0 Å². The van der Waals surface area contributed by atoms with E-state index in [2.05, 4.69) is 70.6 Å². The SMILES string of the molecule is c1ccc2c(c1)c(-c1cncc(-c3ccncc3)n1)cc1c3ccccc3c3ncccc3c21. The van der Waals surface area contributed by atoms with Gasteiger partial charge in [-0.3, -0.25) is 15.0 Å². The van der Waals surface area contributed by atoms with Crippen molar-refractivity contribution in [2.75, 3.05) is 0 Å². The standard InChI is InChI=1S/C30H18N4/c1-3-8-22-20(6-1)25(28-18-32-17-27(34-28)19-11-14-31-15-12-19)16-26-21-7-2-4-9-23(21)30-24(29(22)26)10-5-13-33-30/h1-18H. The van der Waals surface area contributed by atoms with E-state index in [4.69, 9.17) is 9.97 Å². The molecule has 0 saturated heterocycles. The Morgan fingerprint density at radius 2 is 1.21 bits per heavy atom. The third-order valence-corrected chi connectivity index (χ3v) is 6.48. The lowest BCUT2D eigenvalue weighted by atomic mass is 9.90. The van der Waals surface area contributed by atoms with Crippen LogP contribution in [-0.2, 0) is 0 Å². The van der Waals surface area contributed by atoms with Gasteiger partial charge in [0.05, 0.1) is 29.3 Å². The van der Waals surface area contributed by atoms with Gasteiger partial charge in [0.2, 0.25) is 0 Å². The van der Waals surface area contributed by atoms with Gasteiger partial charge in [-0.1, -0.05) is 54.6 Å². The molecular weight excluding hydrogens is 416 g/mol. The molecule has 0 aliphatic rings. The summed E-state index contributed by atoms with van der Waals surface area (Å²) in [5, 5.41) is 8.26. The summed E-state index contributed by atoms with van der Waals surface area (Å²) in [6.45, 7) is 0. The molecule has 0 fully saturated rings. The van der Waals surface area contributed by atoms with Crippen molar-refractivity contribution in [3.8, 4) is 22.5 Å². The minimum atomic E-state index is 0.830. The Balaban J connectivity index is 1.64. The molecule has 0 aliphatic heterocycles. The highest BCUT2D eigenvalue weighted by Gasteiger charge is 2.16. The minimum Gasteiger partial charge on any atom is -0.265 e. The molecule has 0 unspecified atom stereocenters. The van der Waals surface area contributed by atoms with Crippen LogP contribution in [0.4, 0.5) is 0 Å². The monoisotopic (exact) mass is 434 g/mol. The van der Waals surface area contributed by atoms with E-state index in [1.807, 2.05) is 30.6 Å². The van der Waals surface area contributed by atoms with Gasteiger partial charge in [-0.2, -0.15) is 0 Å². The third-order valence-electron chi connectivity index (χ3n) is 6.48. The van der Waals surface area contributed by atoms with Gasteiger partial charge in [0.1, 0.15) is 0 Å². The van der Waals surface area contributed by atoms with Gasteiger partial charge < -0.3 is 0 Å². The topological polar surface area (TPSA) is 51.6 Å². The molecule has 34 heavy (non-hydrogen) atoms. The second-order valence-electron chi connectivity index (χ2n) is 8.36. The maximum Gasteiger partial charge on any atom is 0.0899 e. The van der Waals surface area contributed by atoms with Crippen LogP contribution < -0.4 is 0 Å². The van der Waals surface area contributed by atoms with Gasteiger partial charge in [-0.15, -0.1) is 0 Å². The van der Waals surface area contributed by atoms with Crippen LogP contribution in [0.3, 0.4) is 0 Å². The fourth-order valence-electron chi connectivity index (χ4n) is 4.99. The van der Waals surface area contributed by atoms with Crippen molar-refractivity contribution < 1.29 is 0 Å². The molecular formula is C30H18N4. The first-order valence-corrected chi connectivity index (χ1v) is 11.2. The summed E-state index contributed by atoms with van der Waals surface area (Å²) in [6.07, 6.45) is 9.08. The molecule has 158 valence electrons. The highest BCUT2D eigenvalue weighted by atomic mass is 14.8. The summed E-state index contributed by atoms with van der Waals surface area (Å²) in [5.74, 6) is 0. The summed E-state index contributed by atoms with van der Waals surface area (Å²) < 4.78 is 0. The normalized spacial score (nSPS) is 11.5. The summed E-state index contributed by atoms with van der Waals surface area (Å²) in [4.78, 5) is 18.4. The third kappa shape index (κ3) is 2.79. The van der Waals surface area contributed by atoms with Crippen LogP contribution in [-0.4, -0.2) is 19.9 Å². The zero-order chi connectivity index (χ0) is 22.5. The number of fused-ring (bicyclic) bond motifs is 8. The van der Waals surface area contributed by atoms with E-state index in [9.17, 15) is 0 Å². The Kier molecular flexibility index (Phi) is 4.11. The second-order valence-corrected chi connectivity index (χ2v) is 8.36. The van der Waals surface area contributed by atoms with E-state index in [1.165, 1.54) is 21.5 Å². The van der Waals surface area contributed by atoms with E-state index in [1.54, 1.807) is 18.6 Å². The van der Waals surface area contributed by atoms with Gasteiger partial charge in [-0.25, -0.2) is 4.98 Å². The molecule has 4 aromatic carbocycles. The molecule has 4 heteroatoms. The van der Waals surface area contributed by atoms with Crippen molar-refractivity contribution in [1.82, 2.24) is 19.9 Å². The Morgan fingerprint density at radius 1 is 0.500 bits per heavy atom. The molecule has 0 amide bonds. The Bertz CT molecular complexity index is 1860. The number of benzene rings is 4. The Morgan fingerprint density at radius 3 is 2.06 bits per heavy atom. The van der Waals surface area contributed by atoms with Gasteiger partial charge in [-0.05, 0) is 51.2 Å². The van der Waals surface area contributed by atoms with Crippen molar-refractivity contribution >= 4 is 43.2 Å². The molecule has 7 aromatic rings. The van der Waals surface area contributed by atoms with Crippen LogP contribution in [0.2, 0.25) is 0 Å². The van der Waals surface area contributed by atoms with Crippen molar-refractivity contribution in [3.63, 3.8) is 0 Å². The van der Waals surface area contributed by atoms with Crippen LogP contribution in [0.1, 0.15) is 0 Å². The highest BCUT2D eigenvalue weighted by Crippen LogP contribution is 2.41. The van der Waals surface area contributed by atoms with E-state index in [0.29, 0.717) is 0 Å². The van der Waals surface area contributed by atoms with Crippen molar-refractivity contribution in [2.45, 2.75) is 0 Å². The van der Waals surface area contributed by atoms with E-state index < -0.39 is 0 Å². The van der Waals surface area contributed by atoms with Crippen LogP contribution in [0.5, 0.6) is 0 Å². The van der Waals surface area contributed by atoms with Crippen molar-refractivity contribution in [2.24, 2.45) is 0 Å². The molecule has 0 spiro atoms. The number of nitrogens with zero attached hydrogens (tertiary/aromatic N) is 4. The maximum atomic E-state index is 5.01. The molecule has 3 heterocycles. The number of hydrogen-bond donors (Lipinski definition) is 0. The summed E-state index contributed by atoms with van der Waals surface area (Å²) in [7, 11) is 0. The van der Waals surface area contributed by atoms with Crippen molar-refractivity contribution in [1.29, 1.82) is 0 Å². The number of aromatic nitrogens is 4.